The summed E-state index contributed by atoms with van der Waals surface area (Å²) in [7, 11) is 0. The molecule has 0 unspecified atom stereocenters. The van der Waals surface area contributed by atoms with Crippen molar-refractivity contribution in [3.63, 3.8) is 0 Å². The lowest BCUT2D eigenvalue weighted by molar-refractivity contribution is -0.112. The first-order chi connectivity index (χ1) is 7.25. The van der Waals surface area contributed by atoms with Gasteiger partial charge in [-0.25, -0.2) is 0 Å². The third kappa shape index (κ3) is 2.12. The van der Waals surface area contributed by atoms with Crippen molar-refractivity contribution in [1.29, 1.82) is 0 Å². The molecule has 0 aliphatic carbocycles. The van der Waals surface area contributed by atoms with E-state index < -0.39 is 5.91 Å². The number of para-hydroxylation sites is 1. The molecule has 0 bridgehead atoms. The van der Waals surface area contributed by atoms with Gasteiger partial charge in [0.1, 0.15) is 0 Å². The predicted octanol–water partition coefficient (Wildman–Crippen LogP) is 1.07. The van der Waals surface area contributed by atoms with Crippen LogP contribution in [0.1, 0.15) is 5.56 Å². The van der Waals surface area contributed by atoms with E-state index in [9.17, 15) is 4.79 Å². The molecule has 1 amide bonds. The van der Waals surface area contributed by atoms with Gasteiger partial charge < -0.3 is 5.73 Å². The van der Waals surface area contributed by atoms with Crippen LogP contribution in [0, 0.1) is 11.8 Å². The standard InChI is InChI=1S/C12H8N2O/c13-12(15)6-5-9-7-10-3-1-2-4-11(10)14-8-9/h1-4,7-8H,(H2,13,15). The number of hydrogen-bond acceptors (Lipinski definition) is 2. The monoisotopic (exact) mass is 196 g/mol. The first-order valence-electron chi connectivity index (χ1n) is 4.42. The minimum absolute atomic E-state index is 0.636. The van der Waals surface area contributed by atoms with E-state index in [1.807, 2.05) is 30.3 Å². The maximum absolute atomic E-state index is 10.5. The van der Waals surface area contributed by atoms with Gasteiger partial charge in [0, 0.05) is 23.1 Å². The average Bonchev–Trinajstić information content (AvgIpc) is 2.26. The van der Waals surface area contributed by atoms with Gasteiger partial charge in [0.15, 0.2) is 0 Å². The van der Waals surface area contributed by atoms with Crippen molar-refractivity contribution in [2.75, 3.05) is 0 Å². The molecule has 0 saturated carbocycles. The SMILES string of the molecule is NC(=O)C#Cc1cnc2ccccc2c1. The zero-order chi connectivity index (χ0) is 10.7. The van der Waals surface area contributed by atoms with Gasteiger partial charge in [0.05, 0.1) is 5.52 Å². The maximum atomic E-state index is 10.5. The van der Waals surface area contributed by atoms with Gasteiger partial charge in [-0.15, -0.1) is 0 Å². The van der Waals surface area contributed by atoms with Gasteiger partial charge >= 0.3 is 0 Å². The third-order valence-corrected chi connectivity index (χ3v) is 1.92. The molecule has 0 radical (unpaired) electrons. The Morgan fingerprint density at radius 2 is 2.13 bits per heavy atom. The van der Waals surface area contributed by atoms with E-state index in [1.54, 1.807) is 6.20 Å². The number of aromatic nitrogens is 1. The van der Waals surface area contributed by atoms with Crippen LogP contribution in [-0.4, -0.2) is 10.9 Å². The lowest BCUT2D eigenvalue weighted by Crippen LogP contribution is -2.06. The average molecular weight is 196 g/mol. The van der Waals surface area contributed by atoms with E-state index in [1.165, 1.54) is 0 Å². The summed E-state index contributed by atoms with van der Waals surface area (Å²) >= 11 is 0. The van der Waals surface area contributed by atoms with Crippen LogP contribution in [-0.2, 0) is 4.79 Å². The summed E-state index contributed by atoms with van der Waals surface area (Å²) in [6.07, 6.45) is 1.62. The fourth-order valence-electron chi connectivity index (χ4n) is 1.27. The van der Waals surface area contributed by atoms with Crippen molar-refractivity contribution in [2.45, 2.75) is 0 Å². The minimum atomic E-state index is -0.636. The zero-order valence-electron chi connectivity index (χ0n) is 7.90. The molecular weight excluding hydrogens is 188 g/mol. The molecule has 0 fully saturated rings. The van der Waals surface area contributed by atoms with E-state index in [0.717, 1.165) is 10.9 Å². The minimum Gasteiger partial charge on any atom is -0.359 e. The molecule has 1 heterocycles. The van der Waals surface area contributed by atoms with E-state index in [2.05, 4.69) is 16.8 Å². The molecule has 2 rings (SSSR count). The number of amides is 1. The molecule has 72 valence electrons. The Hall–Kier alpha value is -2.34. The lowest BCUT2D eigenvalue weighted by atomic mass is 10.2. The number of hydrogen-bond donors (Lipinski definition) is 1. The van der Waals surface area contributed by atoms with Gasteiger partial charge in [0.25, 0.3) is 5.91 Å². The number of carbonyl (C=O) groups is 1. The summed E-state index contributed by atoms with van der Waals surface area (Å²) in [4.78, 5) is 14.7. The number of benzene rings is 1. The number of carbonyl (C=O) groups excluding carboxylic acids is 1. The van der Waals surface area contributed by atoms with Gasteiger partial charge in [-0.05, 0) is 12.1 Å². The summed E-state index contributed by atoms with van der Waals surface area (Å²) in [5.74, 6) is 4.29. The number of pyridine rings is 1. The quantitative estimate of drug-likeness (QED) is 0.641. The Morgan fingerprint density at radius 1 is 1.33 bits per heavy atom. The van der Waals surface area contributed by atoms with Crippen LogP contribution in [0.5, 0.6) is 0 Å². The summed E-state index contributed by atoms with van der Waals surface area (Å²) < 4.78 is 0. The highest BCUT2D eigenvalue weighted by Crippen LogP contribution is 2.11. The second-order valence-electron chi connectivity index (χ2n) is 3.03. The van der Waals surface area contributed by atoms with Gasteiger partial charge in [-0.2, -0.15) is 0 Å². The first-order valence-corrected chi connectivity index (χ1v) is 4.42. The van der Waals surface area contributed by atoms with Crippen LogP contribution in [0.4, 0.5) is 0 Å². The molecule has 0 spiro atoms. The highest BCUT2D eigenvalue weighted by atomic mass is 16.1. The van der Waals surface area contributed by atoms with Crippen molar-refractivity contribution >= 4 is 16.8 Å². The molecule has 0 atom stereocenters. The molecular formula is C12H8N2O. The molecule has 0 aliphatic rings. The fourth-order valence-corrected chi connectivity index (χ4v) is 1.27. The predicted molar refractivity (Wildman–Crippen MR) is 57.8 cm³/mol. The Labute approximate surface area is 86.9 Å². The number of fused-ring (bicyclic) bond motifs is 1. The number of nitrogens with zero attached hydrogens (tertiary/aromatic N) is 1. The lowest BCUT2D eigenvalue weighted by Gasteiger charge is -1.95. The summed E-state index contributed by atoms with van der Waals surface area (Å²) in [6, 6.07) is 9.58. The van der Waals surface area contributed by atoms with Crippen molar-refractivity contribution < 1.29 is 4.79 Å². The second kappa shape index (κ2) is 3.81. The number of primary amides is 1. The Morgan fingerprint density at radius 3 is 2.93 bits per heavy atom. The maximum Gasteiger partial charge on any atom is 0.293 e. The van der Waals surface area contributed by atoms with Crippen LogP contribution in [0.2, 0.25) is 0 Å². The summed E-state index contributed by atoms with van der Waals surface area (Å²) in [5.41, 5.74) is 6.51. The van der Waals surface area contributed by atoms with E-state index >= 15 is 0 Å². The molecule has 2 N–H and O–H groups in total. The molecule has 1 aromatic carbocycles. The topological polar surface area (TPSA) is 56.0 Å². The van der Waals surface area contributed by atoms with Crippen LogP contribution < -0.4 is 5.73 Å². The van der Waals surface area contributed by atoms with Crippen molar-refractivity contribution in [1.82, 2.24) is 4.98 Å². The Balaban J connectivity index is 2.49. The molecule has 0 aliphatic heterocycles. The molecule has 2 aromatic rings. The smallest absolute Gasteiger partial charge is 0.293 e. The molecule has 3 nitrogen and oxygen atoms in total. The highest BCUT2D eigenvalue weighted by molar-refractivity contribution is 5.92. The molecule has 15 heavy (non-hydrogen) atoms. The Kier molecular flexibility index (Phi) is 2.34. The summed E-state index contributed by atoms with van der Waals surface area (Å²) in [6.45, 7) is 0. The molecule has 3 heteroatoms. The van der Waals surface area contributed by atoms with Crippen molar-refractivity contribution in [3.05, 3.63) is 42.1 Å². The number of rotatable bonds is 0. The van der Waals surface area contributed by atoms with Crippen LogP contribution >= 0.6 is 0 Å². The second-order valence-corrected chi connectivity index (χ2v) is 3.03. The van der Waals surface area contributed by atoms with Crippen LogP contribution in [0.25, 0.3) is 10.9 Å². The van der Waals surface area contributed by atoms with E-state index in [0.29, 0.717) is 5.56 Å². The normalized spacial score (nSPS) is 9.33. The van der Waals surface area contributed by atoms with Gasteiger partial charge in [-0.3, -0.25) is 9.78 Å². The zero-order valence-corrected chi connectivity index (χ0v) is 7.90. The third-order valence-electron chi connectivity index (χ3n) is 1.92. The molecule has 1 aromatic heterocycles. The fraction of sp³-hybridized carbons (Fsp3) is 0. The van der Waals surface area contributed by atoms with Gasteiger partial charge in [-0.1, -0.05) is 24.1 Å². The Bertz CT molecular complexity index is 579. The van der Waals surface area contributed by atoms with Crippen LogP contribution in [0.15, 0.2) is 36.5 Å². The molecule has 0 saturated heterocycles. The van der Waals surface area contributed by atoms with E-state index in [-0.39, 0.29) is 0 Å². The van der Waals surface area contributed by atoms with E-state index in [4.69, 9.17) is 5.73 Å². The largest absolute Gasteiger partial charge is 0.359 e. The van der Waals surface area contributed by atoms with Crippen molar-refractivity contribution in [3.8, 4) is 11.8 Å². The first kappa shape index (κ1) is 9.22. The van der Waals surface area contributed by atoms with Gasteiger partial charge in [0.2, 0.25) is 0 Å². The number of nitrogens with two attached hydrogens (primary N) is 1. The highest BCUT2D eigenvalue weighted by Gasteiger charge is 1.94. The summed E-state index contributed by atoms with van der Waals surface area (Å²) in [5, 5.41) is 0.994. The van der Waals surface area contributed by atoms with Crippen LogP contribution in [0.3, 0.4) is 0 Å². The van der Waals surface area contributed by atoms with Crippen molar-refractivity contribution in [2.24, 2.45) is 5.73 Å².